The fourth-order valence-electron chi connectivity index (χ4n) is 2.81. The summed E-state index contributed by atoms with van der Waals surface area (Å²) in [6, 6.07) is 1.74. The summed E-state index contributed by atoms with van der Waals surface area (Å²) in [4.78, 5) is 12.0. The molecule has 0 spiro atoms. The first-order chi connectivity index (χ1) is 10.5. The monoisotopic (exact) mass is 330 g/mol. The van der Waals surface area contributed by atoms with Crippen LogP contribution in [0.5, 0.6) is 0 Å². The van der Waals surface area contributed by atoms with Gasteiger partial charge >= 0.3 is 12.1 Å². The fourth-order valence-corrected chi connectivity index (χ4v) is 2.81. The van der Waals surface area contributed by atoms with E-state index in [1.54, 1.807) is 32.9 Å². The summed E-state index contributed by atoms with van der Waals surface area (Å²) in [5, 5.41) is 0. The smallest absolute Gasteiger partial charge is 0.397 e. The second-order valence-electron chi connectivity index (χ2n) is 6.35. The molecule has 2 rings (SSSR count). The number of rotatable bonds is 4. The zero-order valence-electron chi connectivity index (χ0n) is 13.3. The van der Waals surface area contributed by atoms with E-state index < -0.39 is 40.6 Å². The van der Waals surface area contributed by atoms with Gasteiger partial charge in [-0.25, -0.2) is 8.78 Å². The fraction of sp³-hybridized carbons (Fsp3) is 0.471. The Morgan fingerprint density at radius 1 is 1.26 bits per heavy atom. The highest BCUT2D eigenvalue weighted by Gasteiger charge is 2.62. The van der Waals surface area contributed by atoms with Gasteiger partial charge in [0.1, 0.15) is 5.56 Å². The number of carbonyl (C=O) groups excluding carboxylic acids is 1. The molecule has 0 bridgehead atoms. The highest BCUT2D eigenvalue weighted by molar-refractivity contribution is 5.78. The number of hydrogen-bond donors (Lipinski definition) is 0. The van der Waals surface area contributed by atoms with Crippen molar-refractivity contribution < 1.29 is 27.1 Å². The lowest BCUT2D eigenvalue weighted by Crippen LogP contribution is -2.26. The summed E-state index contributed by atoms with van der Waals surface area (Å²) in [6.45, 7) is 6.53. The van der Waals surface area contributed by atoms with E-state index in [0.717, 1.165) is 12.1 Å². The van der Waals surface area contributed by atoms with Gasteiger partial charge in [-0.05, 0) is 36.8 Å². The Kier molecular flexibility index (Phi) is 4.30. The molecular formula is C17H18F4O2. The van der Waals surface area contributed by atoms with E-state index in [9.17, 15) is 22.4 Å². The van der Waals surface area contributed by atoms with E-state index in [-0.39, 0.29) is 11.5 Å². The Balaban J connectivity index is 2.23. The van der Waals surface area contributed by atoms with E-state index in [1.807, 2.05) is 0 Å². The van der Waals surface area contributed by atoms with Crippen LogP contribution >= 0.6 is 0 Å². The van der Waals surface area contributed by atoms with Crippen molar-refractivity contribution in [2.45, 2.75) is 33.8 Å². The Hall–Kier alpha value is -1.85. The Labute approximate surface area is 132 Å². The van der Waals surface area contributed by atoms with Crippen LogP contribution in [0, 0.1) is 35.8 Å². The third-order valence-electron chi connectivity index (χ3n) is 4.38. The zero-order valence-corrected chi connectivity index (χ0v) is 13.3. The molecular weight excluding hydrogens is 312 g/mol. The summed E-state index contributed by atoms with van der Waals surface area (Å²) in [6.07, 6.45) is -0.752. The molecule has 2 unspecified atom stereocenters. The Bertz CT molecular complexity index is 665. The minimum absolute atomic E-state index is 0.107. The molecule has 1 fully saturated rings. The van der Waals surface area contributed by atoms with Gasteiger partial charge in [-0.2, -0.15) is 8.78 Å². The molecule has 1 aromatic carbocycles. The molecule has 0 amide bonds. The molecule has 1 saturated carbocycles. The lowest BCUT2D eigenvalue weighted by molar-refractivity contribution is -0.243. The number of benzene rings is 1. The molecule has 6 heteroatoms. The Morgan fingerprint density at radius 2 is 1.87 bits per heavy atom. The summed E-state index contributed by atoms with van der Waals surface area (Å²) in [7, 11) is 0. The molecule has 1 aromatic rings. The van der Waals surface area contributed by atoms with E-state index in [4.69, 9.17) is 0 Å². The standard InChI is InChI=1S/C17H18F4O2/c1-5-6-10-12(16(10,3)4)15(22)23-17(20,21)11-8-7-9(2)13(18)14(11)19/h5-8,10,12H,1-4H3. The maximum absolute atomic E-state index is 14.1. The van der Waals surface area contributed by atoms with Crippen LogP contribution in [0.1, 0.15) is 31.9 Å². The molecule has 2 atom stereocenters. The van der Waals surface area contributed by atoms with Crippen LogP contribution in [-0.4, -0.2) is 5.97 Å². The first-order valence-corrected chi connectivity index (χ1v) is 7.22. The molecule has 0 aliphatic heterocycles. The van der Waals surface area contributed by atoms with Crippen LogP contribution < -0.4 is 0 Å². The zero-order chi connectivity index (χ0) is 17.6. The lowest BCUT2D eigenvalue weighted by atomic mass is 10.1. The number of aryl methyl sites for hydroxylation is 1. The highest BCUT2D eigenvalue weighted by atomic mass is 19.3. The van der Waals surface area contributed by atoms with Gasteiger partial charge in [-0.3, -0.25) is 4.79 Å². The molecule has 1 aliphatic carbocycles. The van der Waals surface area contributed by atoms with Gasteiger partial charge < -0.3 is 4.74 Å². The van der Waals surface area contributed by atoms with Crippen LogP contribution in [0.3, 0.4) is 0 Å². The van der Waals surface area contributed by atoms with Crippen molar-refractivity contribution in [3.8, 4) is 0 Å². The predicted molar refractivity (Wildman–Crippen MR) is 76.7 cm³/mol. The van der Waals surface area contributed by atoms with E-state index in [0.29, 0.717) is 0 Å². The average molecular weight is 330 g/mol. The second-order valence-corrected chi connectivity index (χ2v) is 6.35. The molecule has 1 aliphatic rings. The van der Waals surface area contributed by atoms with Crippen molar-refractivity contribution in [1.82, 2.24) is 0 Å². The van der Waals surface area contributed by atoms with Gasteiger partial charge in [-0.15, -0.1) is 0 Å². The van der Waals surface area contributed by atoms with Crippen molar-refractivity contribution in [2.24, 2.45) is 17.3 Å². The summed E-state index contributed by atoms with van der Waals surface area (Å²) in [5.41, 5.74) is -1.89. The van der Waals surface area contributed by atoms with Crippen molar-refractivity contribution in [2.75, 3.05) is 0 Å². The van der Waals surface area contributed by atoms with Crippen molar-refractivity contribution >= 4 is 5.97 Å². The lowest BCUT2D eigenvalue weighted by Gasteiger charge is -2.18. The number of carbonyl (C=O) groups is 1. The minimum Gasteiger partial charge on any atom is -0.397 e. The van der Waals surface area contributed by atoms with Crippen LogP contribution in [0.15, 0.2) is 24.3 Å². The highest BCUT2D eigenvalue weighted by Crippen LogP contribution is 2.60. The topological polar surface area (TPSA) is 26.3 Å². The third-order valence-corrected chi connectivity index (χ3v) is 4.38. The van der Waals surface area contributed by atoms with Crippen molar-refractivity contribution in [3.05, 3.63) is 47.0 Å². The first-order valence-electron chi connectivity index (χ1n) is 7.22. The van der Waals surface area contributed by atoms with Gasteiger partial charge in [0, 0.05) is 0 Å². The third kappa shape index (κ3) is 2.99. The first kappa shape index (κ1) is 17.5. The molecule has 0 saturated heterocycles. The number of alkyl halides is 2. The van der Waals surface area contributed by atoms with E-state index in [1.165, 1.54) is 6.92 Å². The average Bonchev–Trinajstić information content (AvgIpc) is 2.97. The van der Waals surface area contributed by atoms with Crippen LogP contribution in [0.25, 0.3) is 0 Å². The van der Waals surface area contributed by atoms with E-state index in [2.05, 4.69) is 4.74 Å². The molecule has 0 radical (unpaired) electrons. The van der Waals surface area contributed by atoms with Gasteiger partial charge in [0.15, 0.2) is 11.6 Å². The second kappa shape index (κ2) is 5.65. The summed E-state index contributed by atoms with van der Waals surface area (Å²) < 4.78 is 59.5. The summed E-state index contributed by atoms with van der Waals surface area (Å²) in [5.74, 6) is -5.15. The number of hydrogen-bond acceptors (Lipinski definition) is 2. The largest absolute Gasteiger partial charge is 0.431 e. The van der Waals surface area contributed by atoms with Gasteiger partial charge in [0.05, 0.1) is 5.92 Å². The van der Waals surface area contributed by atoms with Gasteiger partial charge in [0.25, 0.3) is 0 Å². The minimum atomic E-state index is -4.23. The number of halogens is 4. The number of esters is 1. The van der Waals surface area contributed by atoms with Gasteiger partial charge in [-0.1, -0.05) is 32.1 Å². The molecule has 0 heterocycles. The number of ether oxygens (including phenoxy) is 1. The molecule has 0 aromatic heterocycles. The van der Waals surface area contributed by atoms with Crippen LogP contribution in [-0.2, 0) is 15.6 Å². The SMILES string of the molecule is CC=CC1C(C(=O)OC(F)(F)c2ccc(C)c(F)c2F)C1(C)C. The van der Waals surface area contributed by atoms with Crippen LogP contribution in [0.2, 0.25) is 0 Å². The molecule has 0 N–H and O–H groups in total. The summed E-state index contributed by atoms with van der Waals surface area (Å²) >= 11 is 0. The Morgan fingerprint density at radius 3 is 2.43 bits per heavy atom. The van der Waals surface area contributed by atoms with Crippen molar-refractivity contribution in [3.63, 3.8) is 0 Å². The molecule has 2 nitrogen and oxygen atoms in total. The predicted octanol–water partition coefficient (Wildman–Crippen LogP) is 4.71. The van der Waals surface area contributed by atoms with E-state index >= 15 is 0 Å². The molecule has 126 valence electrons. The van der Waals surface area contributed by atoms with Crippen LogP contribution in [0.4, 0.5) is 17.6 Å². The number of allylic oxidation sites excluding steroid dienone is 2. The maximum atomic E-state index is 14.1. The maximum Gasteiger partial charge on any atom is 0.431 e. The van der Waals surface area contributed by atoms with Gasteiger partial charge in [0.2, 0.25) is 0 Å². The van der Waals surface area contributed by atoms with Crippen molar-refractivity contribution in [1.29, 1.82) is 0 Å². The molecule has 23 heavy (non-hydrogen) atoms. The quantitative estimate of drug-likeness (QED) is 0.454. The normalized spacial score (nSPS) is 23.1.